The molecule has 33 heavy (non-hydrogen) atoms. The third-order valence-electron chi connectivity index (χ3n) is 5.47. The summed E-state index contributed by atoms with van der Waals surface area (Å²) in [6.07, 6.45) is -3.03. The van der Waals surface area contributed by atoms with Crippen LogP contribution in [0.2, 0.25) is 5.02 Å². The topological polar surface area (TPSA) is 78.7 Å². The van der Waals surface area contributed by atoms with E-state index in [0.717, 1.165) is 21.5 Å². The highest BCUT2D eigenvalue weighted by Gasteiger charge is 2.33. The second-order valence-electron chi connectivity index (χ2n) is 7.51. The second-order valence-corrected chi connectivity index (χ2v) is 7.95. The first-order valence-corrected chi connectivity index (χ1v) is 10.1. The van der Waals surface area contributed by atoms with Gasteiger partial charge in [-0.2, -0.15) is 18.3 Å². The Morgan fingerprint density at radius 3 is 2.45 bits per heavy atom. The number of aryl methyl sites for hydroxylation is 1. The summed E-state index contributed by atoms with van der Waals surface area (Å²) in [6.45, 7) is 0. The monoisotopic (exact) mass is 469 g/mol. The normalized spacial score (nSPS) is 12.0. The van der Waals surface area contributed by atoms with Crippen LogP contribution in [-0.4, -0.2) is 19.3 Å². The number of nitrogens with two attached hydrogens (primary N) is 1. The summed E-state index contributed by atoms with van der Waals surface area (Å²) in [5, 5.41) is 5.63. The zero-order valence-electron chi connectivity index (χ0n) is 17.1. The van der Waals surface area contributed by atoms with Gasteiger partial charge in [-0.15, -0.1) is 0 Å². The smallest absolute Gasteiger partial charge is 0.397 e. The molecule has 2 aromatic carbocycles. The van der Waals surface area contributed by atoms with Crippen molar-refractivity contribution in [3.63, 3.8) is 0 Å². The van der Waals surface area contributed by atoms with Crippen molar-refractivity contribution in [2.75, 3.05) is 5.73 Å². The largest absolute Gasteiger partial charge is 0.433 e. The van der Waals surface area contributed by atoms with Crippen molar-refractivity contribution in [1.82, 2.24) is 19.3 Å². The number of hydrogen-bond donors (Lipinski definition) is 1. The van der Waals surface area contributed by atoms with E-state index >= 15 is 0 Å². The molecule has 0 saturated carbocycles. The zero-order valence-corrected chi connectivity index (χ0v) is 17.8. The lowest BCUT2D eigenvalue weighted by Gasteiger charge is -2.17. The van der Waals surface area contributed by atoms with Crippen LogP contribution in [0.5, 0.6) is 0 Å². The Bertz CT molecular complexity index is 1600. The average molecular weight is 470 g/mol. The summed E-state index contributed by atoms with van der Waals surface area (Å²) in [6, 6.07) is 13.5. The van der Waals surface area contributed by atoms with Crippen molar-refractivity contribution >= 4 is 39.2 Å². The maximum atomic E-state index is 13.7. The van der Waals surface area contributed by atoms with Crippen molar-refractivity contribution in [2.45, 2.75) is 6.18 Å². The van der Waals surface area contributed by atoms with Gasteiger partial charge in [0.25, 0.3) is 5.56 Å². The highest BCUT2D eigenvalue weighted by Crippen LogP contribution is 2.35. The minimum atomic E-state index is -4.69. The quantitative estimate of drug-likeness (QED) is 0.386. The molecule has 166 valence electrons. The second kappa shape index (κ2) is 7.35. The molecule has 0 aliphatic heterocycles. The number of halogens is 4. The van der Waals surface area contributed by atoms with Gasteiger partial charge in [0, 0.05) is 22.8 Å². The summed E-state index contributed by atoms with van der Waals surface area (Å²) in [5.41, 5.74) is 6.32. The molecular weight excluding hydrogens is 455 g/mol. The number of fused-ring (bicyclic) bond motifs is 2. The molecule has 0 radical (unpaired) electrons. The molecular formula is C23H15ClF3N5O. The summed E-state index contributed by atoms with van der Waals surface area (Å²) in [4.78, 5) is 17.5. The van der Waals surface area contributed by atoms with Gasteiger partial charge < -0.3 is 5.73 Å². The average Bonchev–Trinajstić information content (AvgIpc) is 3.14. The summed E-state index contributed by atoms with van der Waals surface area (Å²) in [5.74, 6) is 0. The van der Waals surface area contributed by atoms with E-state index in [2.05, 4.69) is 10.1 Å². The lowest BCUT2D eigenvalue weighted by atomic mass is 10.0. The minimum Gasteiger partial charge on any atom is -0.397 e. The molecule has 0 aliphatic carbocycles. The van der Waals surface area contributed by atoms with Crippen LogP contribution in [-0.2, 0) is 13.2 Å². The fourth-order valence-corrected chi connectivity index (χ4v) is 4.00. The molecule has 0 atom stereocenters. The number of benzene rings is 2. The van der Waals surface area contributed by atoms with Gasteiger partial charge in [0.15, 0.2) is 0 Å². The van der Waals surface area contributed by atoms with Crippen LogP contribution < -0.4 is 11.3 Å². The zero-order chi connectivity index (χ0) is 23.5. The van der Waals surface area contributed by atoms with E-state index in [1.807, 2.05) is 0 Å². The van der Waals surface area contributed by atoms with Crippen LogP contribution in [0.1, 0.15) is 5.69 Å². The van der Waals surface area contributed by atoms with Crippen LogP contribution in [0.3, 0.4) is 0 Å². The first kappa shape index (κ1) is 21.0. The van der Waals surface area contributed by atoms with Crippen LogP contribution in [0.15, 0.2) is 65.6 Å². The fraction of sp³-hybridized carbons (Fsp3) is 0.0870. The highest BCUT2D eigenvalue weighted by atomic mass is 35.5. The predicted molar refractivity (Wildman–Crippen MR) is 121 cm³/mol. The van der Waals surface area contributed by atoms with E-state index in [4.69, 9.17) is 17.3 Å². The Labute approximate surface area is 189 Å². The van der Waals surface area contributed by atoms with E-state index in [-0.39, 0.29) is 22.3 Å². The minimum absolute atomic E-state index is 0.0460. The number of rotatable bonds is 2. The summed E-state index contributed by atoms with van der Waals surface area (Å²) >= 11 is 5.97. The first-order chi connectivity index (χ1) is 15.6. The van der Waals surface area contributed by atoms with Gasteiger partial charge in [0.2, 0.25) is 0 Å². The molecule has 3 heterocycles. The Hall–Kier alpha value is -3.85. The summed E-state index contributed by atoms with van der Waals surface area (Å²) < 4.78 is 43.0. The molecule has 0 amide bonds. The standard InChI is InChI=1S/C23H15ClF3N5O/c1-31-17-8-2-12(10-13(17)11-29-31)19-20(28)16-7-9-18(23(25,26)27)30-21(16)32(22(19)33)15-5-3-14(24)4-6-15/h2-11H,28H2,1H3. The van der Waals surface area contributed by atoms with Gasteiger partial charge >= 0.3 is 6.18 Å². The number of hydrogen-bond acceptors (Lipinski definition) is 4. The van der Waals surface area contributed by atoms with Crippen molar-refractivity contribution in [3.8, 4) is 16.8 Å². The molecule has 0 unspecified atom stereocenters. The van der Waals surface area contributed by atoms with E-state index in [1.165, 1.54) is 18.2 Å². The maximum Gasteiger partial charge on any atom is 0.433 e. The molecule has 10 heteroatoms. The number of pyridine rings is 2. The van der Waals surface area contributed by atoms with Gasteiger partial charge in [0.05, 0.1) is 28.7 Å². The van der Waals surface area contributed by atoms with E-state index < -0.39 is 17.4 Å². The molecule has 5 rings (SSSR count). The van der Waals surface area contributed by atoms with E-state index in [1.54, 1.807) is 48.3 Å². The summed E-state index contributed by atoms with van der Waals surface area (Å²) in [7, 11) is 1.80. The van der Waals surface area contributed by atoms with E-state index in [9.17, 15) is 18.0 Å². The SMILES string of the molecule is Cn1ncc2cc(-c3c(N)c4ccc(C(F)(F)F)nc4n(-c4ccc(Cl)cc4)c3=O)ccc21. The van der Waals surface area contributed by atoms with Crippen LogP contribution in [0.25, 0.3) is 38.8 Å². The number of alkyl halides is 3. The van der Waals surface area contributed by atoms with Crippen molar-refractivity contribution in [2.24, 2.45) is 7.05 Å². The Balaban J connectivity index is 1.89. The Morgan fingerprint density at radius 1 is 1.03 bits per heavy atom. The van der Waals surface area contributed by atoms with Crippen LogP contribution in [0, 0.1) is 0 Å². The van der Waals surface area contributed by atoms with Crippen molar-refractivity contribution in [3.05, 3.63) is 81.9 Å². The Kier molecular flexibility index (Phi) is 4.68. The fourth-order valence-electron chi connectivity index (χ4n) is 3.87. The van der Waals surface area contributed by atoms with Gasteiger partial charge in [-0.1, -0.05) is 17.7 Å². The number of aromatic nitrogens is 4. The molecule has 5 aromatic rings. The highest BCUT2D eigenvalue weighted by molar-refractivity contribution is 6.30. The van der Waals surface area contributed by atoms with Crippen LogP contribution in [0.4, 0.5) is 18.9 Å². The molecule has 0 saturated heterocycles. The maximum absolute atomic E-state index is 13.7. The van der Waals surface area contributed by atoms with Gasteiger partial charge in [-0.3, -0.25) is 14.0 Å². The molecule has 0 aliphatic rings. The lowest BCUT2D eigenvalue weighted by Crippen LogP contribution is -2.24. The molecule has 0 fully saturated rings. The van der Waals surface area contributed by atoms with Gasteiger partial charge in [-0.05, 0) is 54.1 Å². The van der Waals surface area contributed by atoms with Crippen molar-refractivity contribution in [1.29, 1.82) is 0 Å². The van der Waals surface area contributed by atoms with Crippen molar-refractivity contribution < 1.29 is 13.2 Å². The molecule has 2 N–H and O–H groups in total. The first-order valence-electron chi connectivity index (χ1n) is 9.75. The lowest BCUT2D eigenvalue weighted by molar-refractivity contribution is -0.141. The molecule has 0 spiro atoms. The molecule has 6 nitrogen and oxygen atoms in total. The Morgan fingerprint density at radius 2 is 1.76 bits per heavy atom. The number of nitrogens with zero attached hydrogens (tertiary/aromatic N) is 4. The number of anilines is 1. The van der Waals surface area contributed by atoms with Gasteiger partial charge in [-0.25, -0.2) is 4.98 Å². The predicted octanol–water partition coefficient (Wildman–Crippen LogP) is 5.19. The third kappa shape index (κ3) is 3.41. The third-order valence-corrected chi connectivity index (χ3v) is 5.73. The van der Waals surface area contributed by atoms with Gasteiger partial charge in [0.1, 0.15) is 11.3 Å². The van der Waals surface area contributed by atoms with E-state index in [0.29, 0.717) is 16.3 Å². The molecule has 0 bridgehead atoms. The number of nitrogen functional groups attached to an aromatic ring is 1. The van der Waals surface area contributed by atoms with Crippen LogP contribution >= 0.6 is 11.6 Å². The molecule has 3 aromatic heterocycles.